The molecule has 2 rings (SSSR count). The number of pyridine rings is 1. The van der Waals surface area contributed by atoms with Gasteiger partial charge in [0.2, 0.25) is 0 Å². The maximum absolute atomic E-state index is 12.8. The van der Waals surface area contributed by atoms with Gasteiger partial charge >= 0.3 is 6.18 Å². The molecule has 1 atom stereocenters. The number of alkyl halides is 3. The lowest BCUT2D eigenvalue weighted by Crippen LogP contribution is -2.36. The second-order valence-electron chi connectivity index (χ2n) is 5.02. The van der Waals surface area contributed by atoms with Gasteiger partial charge in [-0.3, -0.25) is 4.90 Å². The quantitative estimate of drug-likeness (QED) is 0.894. The highest BCUT2D eigenvalue weighted by Gasteiger charge is 2.34. The van der Waals surface area contributed by atoms with Gasteiger partial charge < -0.3 is 5.32 Å². The van der Waals surface area contributed by atoms with E-state index in [1.54, 1.807) is 0 Å². The van der Waals surface area contributed by atoms with E-state index in [1.807, 2.05) is 14.0 Å². The monoisotopic (exact) mass is 273 g/mol. The molecule has 19 heavy (non-hydrogen) atoms. The Hall–Kier alpha value is -1.30. The summed E-state index contributed by atoms with van der Waals surface area (Å²) in [4.78, 5) is 5.98. The van der Waals surface area contributed by atoms with Crippen molar-refractivity contribution in [2.45, 2.75) is 38.0 Å². The number of rotatable bonds is 5. The van der Waals surface area contributed by atoms with Crippen LogP contribution in [0.1, 0.15) is 25.3 Å². The van der Waals surface area contributed by atoms with Crippen molar-refractivity contribution in [2.75, 3.05) is 18.9 Å². The van der Waals surface area contributed by atoms with Crippen molar-refractivity contribution < 1.29 is 13.2 Å². The lowest BCUT2D eigenvalue weighted by atomic mass is 10.2. The molecule has 1 saturated carbocycles. The number of halogens is 3. The Morgan fingerprint density at radius 2 is 2.16 bits per heavy atom. The van der Waals surface area contributed by atoms with Crippen molar-refractivity contribution >= 4 is 5.82 Å². The fourth-order valence-electron chi connectivity index (χ4n) is 2.00. The third kappa shape index (κ3) is 3.59. The normalized spacial score (nSPS) is 17.6. The van der Waals surface area contributed by atoms with Gasteiger partial charge in [-0.1, -0.05) is 0 Å². The van der Waals surface area contributed by atoms with Crippen LogP contribution in [0.2, 0.25) is 0 Å². The van der Waals surface area contributed by atoms with Crippen LogP contribution in [0.5, 0.6) is 0 Å². The van der Waals surface area contributed by atoms with E-state index in [-0.39, 0.29) is 11.9 Å². The first-order valence-electron chi connectivity index (χ1n) is 6.37. The van der Waals surface area contributed by atoms with E-state index in [1.165, 1.54) is 25.1 Å². The highest BCUT2D eigenvalue weighted by molar-refractivity contribution is 5.45. The van der Waals surface area contributed by atoms with E-state index in [4.69, 9.17) is 0 Å². The molecule has 3 nitrogen and oxygen atoms in total. The Kier molecular flexibility index (Phi) is 3.99. The minimum atomic E-state index is -4.37. The molecule has 0 amide bonds. The summed E-state index contributed by atoms with van der Waals surface area (Å²) in [6, 6.07) is 3.11. The Morgan fingerprint density at radius 3 is 2.74 bits per heavy atom. The van der Waals surface area contributed by atoms with Crippen LogP contribution in [0.15, 0.2) is 18.3 Å². The van der Waals surface area contributed by atoms with E-state index >= 15 is 0 Å². The fraction of sp³-hybridized carbons (Fsp3) is 0.615. The number of nitrogens with one attached hydrogen (secondary N) is 1. The summed E-state index contributed by atoms with van der Waals surface area (Å²) in [5.74, 6) is -0.0916. The molecule has 1 aliphatic rings. The van der Waals surface area contributed by atoms with E-state index in [0.29, 0.717) is 12.6 Å². The van der Waals surface area contributed by atoms with Gasteiger partial charge in [0.05, 0.1) is 5.56 Å². The van der Waals surface area contributed by atoms with Crippen molar-refractivity contribution in [1.82, 2.24) is 9.88 Å². The summed E-state index contributed by atoms with van der Waals surface area (Å²) >= 11 is 0. The standard InChI is InChI=1S/C13H18F3N3/c1-9(19(2)10-5-6-10)8-18-12-11(13(14,15)16)4-3-7-17-12/h3-4,7,9-10H,5-6,8H2,1-2H3,(H,17,18). The Bertz CT molecular complexity index is 429. The average Bonchev–Trinajstić information content (AvgIpc) is 3.18. The first kappa shape index (κ1) is 14.1. The maximum Gasteiger partial charge on any atom is 0.419 e. The molecule has 1 aliphatic carbocycles. The van der Waals surface area contributed by atoms with Crippen molar-refractivity contribution in [3.8, 4) is 0 Å². The Balaban J connectivity index is 1.99. The predicted octanol–water partition coefficient (Wildman–Crippen LogP) is 3.00. The van der Waals surface area contributed by atoms with Gasteiger partial charge in [-0.15, -0.1) is 0 Å². The van der Waals surface area contributed by atoms with Gasteiger partial charge in [0.1, 0.15) is 5.82 Å². The number of hydrogen-bond donors (Lipinski definition) is 1. The van der Waals surface area contributed by atoms with E-state index in [0.717, 1.165) is 6.07 Å². The minimum absolute atomic E-state index is 0.0916. The first-order valence-corrected chi connectivity index (χ1v) is 6.37. The van der Waals surface area contributed by atoms with Crippen LogP contribution in [-0.2, 0) is 6.18 Å². The summed E-state index contributed by atoms with van der Waals surface area (Å²) in [6.45, 7) is 2.45. The van der Waals surface area contributed by atoms with E-state index < -0.39 is 11.7 Å². The zero-order chi connectivity index (χ0) is 14.0. The smallest absolute Gasteiger partial charge is 0.368 e. The molecule has 0 aliphatic heterocycles. The zero-order valence-corrected chi connectivity index (χ0v) is 11.0. The predicted molar refractivity (Wildman–Crippen MR) is 68.0 cm³/mol. The molecule has 0 radical (unpaired) electrons. The highest BCUT2D eigenvalue weighted by Crippen LogP contribution is 2.33. The first-order chi connectivity index (χ1) is 8.89. The topological polar surface area (TPSA) is 28.2 Å². The molecular formula is C13H18F3N3. The number of aromatic nitrogens is 1. The summed E-state index contributed by atoms with van der Waals surface area (Å²) in [6.07, 6.45) is -0.647. The number of likely N-dealkylation sites (N-methyl/N-ethyl adjacent to an activating group) is 1. The van der Waals surface area contributed by atoms with Gasteiger partial charge in [0.25, 0.3) is 0 Å². The number of hydrogen-bond acceptors (Lipinski definition) is 3. The van der Waals surface area contributed by atoms with Crippen LogP contribution < -0.4 is 5.32 Å². The number of nitrogens with zero attached hydrogens (tertiary/aromatic N) is 2. The summed E-state index contributed by atoms with van der Waals surface area (Å²) < 4.78 is 38.3. The third-order valence-electron chi connectivity index (χ3n) is 3.50. The third-order valence-corrected chi connectivity index (χ3v) is 3.50. The van der Waals surface area contributed by atoms with Crippen molar-refractivity contribution in [3.05, 3.63) is 23.9 Å². The molecule has 0 spiro atoms. The SMILES string of the molecule is CC(CNc1ncccc1C(F)(F)F)N(C)C1CC1. The molecule has 1 N–H and O–H groups in total. The highest BCUT2D eigenvalue weighted by atomic mass is 19.4. The summed E-state index contributed by atoms with van der Waals surface area (Å²) in [5.41, 5.74) is -0.712. The second kappa shape index (κ2) is 5.36. The van der Waals surface area contributed by atoms with Crippen LogP contribution in [0.3, 0.4) is 0 Å². The van der Waals surface area contributed by atoms with Gasteiger partial charge in [-0.2, -0.15) is 13.2 Å². The van der Waals surface area contributed by atoms with Crippen LogP contribution >= 0.6 is 0 Å². The number of anilines is 1. The molecular weight excluding hydrogens is 255 g/mol. The molecule has 1 unspecified atom stereocenters. The van der Waals surface area contributed by atoms with E-state index in [2.05, 4.69) is 15.2 Å². The lowest BCUT2D eigenvalue weighted by Gasteiger charge is -2.25. The molecule has 0 bridgehead atoms. The molecule has 106 valence electrons. The lowest BCUT2D eigenvalue weighted by molar-refractivity contribution is -0.137. The second-order valence-corrected chi connectivity index (χ2v) is 5.02. The molecule has 1 aromatic rings. The Morgan fingerprint density at radius 1 is 1.47 bits per heavy atom. The molecule has 0 aromatic carbocycles. The largest absolute Gasteiger partial charge is 0.419 e. The van der Waals surface area contributed by atoms with Gasteiger partial charge in [0.15, 0.2) is 0 Å². The molecule has 0 saturated heterocycles. The molecule has 1 heterocycles. The fourth-order valence-corrected chi connectivity index (χ4v) is 2.00. The summed E-state index contributed by atoms with van der Waals surface area (Å²) in [7, 11) is 2.01. The van der Waals surface area contributed by atoms with Crippen LogP contribution in [0, 0.1) is 0 Å². The Labute approximate surface area is 110 Å². The van der Waals surface area contributed by atoms with Crippen LogP contribution in [0.25, 0.3) is 0 Å². The van der Waals surface area contributed by atoms with Crippen LogP contribution in [-0.4, -0.2) is 35.6 Å². The van der Waals surface area contributed by atoms with Gasteiger partial charge in [-0.25, -0.2) is 4.98 Å². The summed E-state index contributed by atoms with van der Waals surface area (Å²) in [5, 5.41) is 2.81. The molecule has 6 heteroatoms. The minimum Gasteiger partial charge on any atom is -0.368 e. The van der Waals surface area contributed by atoms with Crippen molar-refractivity contribution in [3.63, 3.8) is 0 Å². The zero-order valence-electron chi connectivity index (χ0n) is 11.0. The average molecular weight is 273 g/mol. The molecule has 1 aromatic heterocycles. The van der Waals surface area contributed by atoms with Gasteiger partial charge in [-0.05, 0) is 38.9 Å². The van der Waals surface area contributed by atoms with Crippen molar-refractivity contribution in [1.29, 1.82) is 0 Å². The van der Waals surface area contributed by atoms with Gasteiger partial charge in [0, 0.05) is 24.8 Å². The maximum atomic E-state index is 12.8. The van der Waals surface area contributed by atoms with Crippen molar-refractivity contribution in [2.24, 2.45) is 0 Å². The molecule has 1 fully saturated rings. The van der Waals surface area contributed by atoms with Crippen LogP contribution in [0.4, 0.5) is 19.0 Å². The van der Waals surface area contributed by atoms with E-state index in [9.17, 15) is 13.2 Å².